The molecule has 0 radical (unpaired) electrons. The van der Waals surface area contributed by atoms with Crippen LogP contribution >= 0.6 is 0 Å². The molecule has 25 heavy (non-hydrogen) atoms. The van der Waals surface area contributed by atoms with Crippen LogP contribution in [-0.4, -0.2) is 26.2 Å². The van der Waals surface area contributed by atoms with Gasteiger partial charge in [-0.1, -0.05) is 48.5 Å². The molecule has 3 rings (SSSR count). The van der Waals surface area contributed by atoms with Gasteiger partial charge < -0.3 is 10.1 Å². The third-order valence-electron chi connectivity index (χ3n) is 4.97. The topological polar surface area (TPSA) is 38.3 Å². The molecular formula is C22H27NO2. The number of ether oxygens (including phenoxy) is 1. The van der Waals surface area contributed by atoms with Gasteiger partial charge in [-0.3, -0.25) is 4.79 Å². The molecule has 132 valence electrons. The first-order chi connectivity index (χ1) is 12.3. The molecule has 1 aliphatic carbocycles. The molecule has 0 fully saturated rings. The highest BCUT2D eigenvalue weighted by molar-refractivity contribution is 5.85. The normalized spacial score (nSPS) is 15.8. The number of hydrogen-bond acceptors (Lipinski definition) is 2. The number of fused-ring (bicyclic) bond motifs is 1. The second kappa shape index (κ2) is 8.82. The minimum atomic E-state index is 0.00754. The van der Waals surface area contributed by atoms with E-state index in [1.165, 1.54) is 22.3 Å². The lowest BCUT2D eigenvalue weighted by molar-refractivity contribution is -0.122. The zero-order valence-corrected chi connectivity index (χ0v) is 15.0. The third kappa shape index (κ3) is 4.70. The fourth-order valence-electron chi connectivity index (χ4n) is 3.60. The first kappa shape index (κ1) is 17.7. The van der Waals surface area contributed by atoms with Crippen LogP contribution in [0.2, 0.25) is 0 Å². The molecule has 0 spiro atoms. The minimum Gasteiger partial charge on any atom is -0.385 e. The van der Waals surface area contributed by atoms with Crippen LogP contribution in [0.1, 0.15) is 41.0 Å². The predicted molar refractivity (Wildman–Crippen MR) is 101 cm³/mol. The summed E-state index contributed by atoms with van der Waals surface area (Å²) in [6.45, 7) is 1.47. The molecule has 0 aromatic heterocycles. The smallest absolute Gasteiger partial charge is 0.227 e. The third-order valence-corrected chi connectivity index (χ3v) is 4.97. The van der Waals surface area contributed by atoms with E-state index in [1.54, 1.807) is 7.11 Å². The standard InChI is InChI=1S/C22H27NO2/c1-25-15-5-8-18-9-10-19-11-12-20(21(19)16-18)22(24)23-14-13-17-6-3-2-4-7-17/h2-4,6-7,9-10,16,20H,5,8,11-15H2,1H3,(H,23,24). The molecule has 0 aliphatic heterocycles. The van der Waals surface area contributed by atoms with Gasteiger partial charge in [0.1, 0.15) is 0 Å². The Labute approximate surface area is 150 Å². The first-order valence-corrected chi connectivity index (χ1v) is 9.20. The van der Waals surface area contributed by atoms with Gasteiger partial charge in [-0.25, -0.2) is 0 Å². The molecule has 3 nitrogen and oxygen atoms in total. The van der Waals surface area contributed by atoms with Gasteiger partial charge in [0, 0.05) is 20.3 Å². The fraction of sp³-hybridized carbons (Fsp3) is 0.409. The zero-order valence-electron chi connectivity index (χ0n) is 15.0. The van der Waals surface area contributed by atoms with E-state index in [2.05, 4.69) is 35.6 Å². The van der Waals surface area contributed by atoms with Crippen LogP contribution in [0.15, 0.2) is 48.5 Å². The van der Waals surface area contributed by atoms with Gasteiger partial charge in [0.25, 0.3) is 0 Å². The van der Waals surface area contributed by atoms with Crippen molar-refractivity contribution in [3.05, 3.63) is 70.8 Å². The summed E-state index contributed by atoms with van der Waals surface area (Å²) in [7, 11) is 1.73. The van der Waals surface area contributed by atoms with Gasteiger partial charge in [0.15, 0.2) is 0 Å². The number of methoxy groups -OCH3 is 1. The van der Waals surface area contributed by atoms with Crippen molar-refractivity contribution in [1.82, 2.24) is 5.32 Å². The summed E-state index contributed by atoms with van der Waals surface area (Å²) in [6.07, 6.45) is 4.83. The molecular weight excluding hydrogens is 310 g/mol. The number of carbonyl (C=O) groups is 1. The Bertz CT molecular complexity index is 696. The number of nitrogens with one attached hydrogen (secondary N) is 1. The van der Waals surface area contributed by atoms with Crippen LogP contribution in [-0.2, 0) is 28.8 Å². The molecule has 2 aromatic rings. The van der Waals surface area contributed by atoms with Gasteiger partial charge >= 0.3 is 0 Å². The van der Waals surface area contributed by atoms with Crippen molar-refractivity contribution < 1.29 is 9.53 Å². The van der Waals surface area contributed by atoms with Crippen LogP contribution in [0.25, 0.3) is 0 Å². The number of aryl methyl sites for hydroxylation is 2. The average molecular weight is 337 g/mol. The lowest BCUT2D eigenvalue weighted by Crippen LogP contribution is -2.30. The largest absolute Gasteiger partial charge is 0.385 e. The maximum atomic E-state index is 12.6. The number of carbonyl (C=O) groups excluding carboxylic acids is 1. The maximum Gasteiger partial charge on any atom is 0.227 e. The van der Waals surface area contributed by atoms with E-state index in [1.807, 2.05) is 18.2 Å². The van der Waals surface area contributed by atoms with Crippen molar-refractivity contribution in [2.24, 2.45) is 0 Å². The Hall–Kier alpha value is -2.13. The van der Waals surface area contributed by atoms with Gasteiger partial charge in [0.05, 0.1) is 5.92 Å². The summed E-state index contributed by atoms with van der Waals surface area (Å²) in [4.78, 5) is 12.6. The Balaban J connectivity index is 1.57. The average Bonchev–Trinajstić information content (AvgIpc) is 3.06. The minimum absolute atomic E-state index is 0.00754. The molecule has 1 N–H and O–H groups in total. The second-order valence-corrected chi connectivity index (χ2v) is 6.75. The molecule has 0 saturated heterocycles. The van der Waals surface area contributed by atoms with Crippen LogP contribution in [0.3, 0.4) is 0 Å². The van der Waals surface area contributed by atoms with Crippen molar-refractivity contribution >= 4 is 5.91 Å². The van der Waals surface area contributed by atoms with E-state index in [-0.39, 0.29) is 11.8 Å². The molecule has 1 atom stereocenters. The number of amides is 1. The molecule has 0 bridgehead atoms. The van der Waals surface area contributed by atoms with E-state index in [9.17, 15) is 4.79 Å². The summed E-state index contributed by atoms with van der Waals surface area (Å²) in [5.74, 6) is 0.178. The van der Waals surface area contributed by atoms with Crippen molar-refractivity contribution in [3.8, 4) is 0 Å². The van der Waals surface area contributed by atoms with Crippen LogP contribution in [0.5, 0.6) is 0 Å². The molecule has 3 heteroatoms. The Morgan fingerprint density at radius 2 is 1.96 bits per heavy atom. The predicted octanol–water partition coefficient (Wildman–Crippen LogP) is 3.65. The zero-order chi connectivity index (χ0) is 17.5. The highest BCUT2D eigenvalue weighted by Crippen LogP contribution is 2.34. The quantitative estimate of drug-likeness (QED) is 0.747. The fourth-order valence-corrected chi connectivity index (χ4v) is 3.60. The Morgan fingerprint density at radius 3 is 2.76 bits per heavy atom. The Morgan fingerprint density at radius 1 is 1.12 bits per heavy atom. The first-order valence-electron chi connectivity index (χ1n) is 9.20. The van der Waals surface area contributed by atoms with Crippen LogP contribution in [0.4, 0.5) is 0 Å². The van der Waals surface area contributed by atoms with Crippen LogP contribution < -0.4 is 5.32 Å². The molecule has 0 saturated carbocycles. The highest BCUT2D eigenvalue weighted by atomic mass is 16.5. The SMILES string of the molecule is COCCCc1ccc2c(c1)C(C(=O)NCCc1ccccc1)CC2. The number of benzene rings is 2. The van der Waals surface area contributed by atoms with Gasteiger partial charge in [-0.05, 0) is 54.4 Å². The van der Waals surface area contributed by atoms with E-state index >= 15 is 0 Å². The second-order valence-electron chi connectivity index (χ2n) is 6.75. The van der Waals surface area contributed by atoms with Crippen molar-refractivity contribution in [1.29, 1.82) is 0 Å². The summed E-state index contributed by atoms with van der Waals surface area (Å²) in [5.41, 5.74) is 5.13. The summed E-state index contributed by atoms with van der Waals surface area (Å²) in [5, 5.41) is 3.13. The highest BCUT2D eigenvalue weighted by Gasteiger charge is 2.28. The molecule has 2 aromatic carbocycles. The molecule has 1 aliphatic rings. The molecule has 0 heterocycles. The van der Waals surface area contributed by atoms with E-state index in [0.29, 0.717) is 6.54 Å². The Kier molecular flexibility index (Phi) is 6.24. The molecule has 1 amide bonds. The van der Waals surface area contributed by atoms with Crippen molar-refractivity contribution in [2.45, 2.75) is 38.0 Å². The molecule has 1 unspecified atom stereocenters. The van der Waals surface area contributed by atoms with E-state index < -0.39 is 0 Å². The lowest BCUT2D eigenvalue weighted by Gasteiger charge is -2.13. The maximum absolute atomic E-state index is 12.6. The van der Waals surface area contributed by atoms with Gasteiger partial charge in [0.2, 0.25) is 5.91 Å². The van der Waals surface area contributed by atoms with Crippen LogP contribution in [0, 0.1) is 0 Å². The lowest BCUT2D eigenvalue weighted by atomic mass is 9.97. The van der Waals surface area contributed by atoms with Gasteiger partial charge in [-0.15, -0.1) is 0 Å². The summed E-state index contributed by atoms with van der Waals surface area (Å²) in [6, 6.07) is 16.9. The monoisotopic (exact) mass is 337 g/mol. The van der Waals surface area contributed by atoms with Crippen molar-refractivity contribution in [2.75, 3.05) is 20.3 Å². The van der Waals surface area contributed by atoms with E-state index in [4.69, 9.17) is 4.74 Å². The van der Waals surface area contributed by atoms with E-state index in [0.717, 1.165) is 38.7 Å². The number of hydrogen-bond donors (Lipinski definition) is 1. The number of rotatable bonds is 8. The van der Waals surface area contributed by atoms with Gasteiger partial charge in [-0.2, -0.15) is 0 Å². The summed E-state index contributed by atoms with van der Waals surface area (Å²) < 4.78 is 5.13. The van der Waals surface area contributed by atoms with Crippen molar-refractivity contribution in [3.63, 3.8) is 0 Å². The summed E-state index contributed by atoms with van der Waals surface area (Å²) >= 11 is 0.